The van der Waals surface area contributed by atoms with Crippen molar-refractivity contribution in [1.29, 1.82) is 0 Å². The van der Waals surface area contributed by atoms with E-state index in [1.165, 1.54) is 20.9 Å². The van der Waals surface area contributed by atoms with Crippen molar-refractivity contribution in [3.63, 3.8) is 0 Å². The summed E-state index contributed by atoms with van der Waals surface area (Å²) in [5, 5.41) is 8.25. The van der Waals surface area contributed by atoms with Gasteiger partial charge in [-0.3, -0.25) is 18.5 Å². The molecule has 0 N–H and O–H groups in total. The molecule has 0 amide bonds. The van der Waals surface area contributed by atoms with Crippen molar-refractivity contribution >= 4 is 11.3 Å². The fourth-order valence-electron chi connectivity index (χ4n) is 4.38. The highest BCUT2D eigenvalue weighted by atomic mass is 19.4. The average molecular weight is 442 g/mol. The molecule has 4 aromatic heterocycles. The molecule has 7 nitrogen and oxygen atoms in total. The van der Waals surface area contributed by atoms with Crippen LogP contribution in [0.1, 0.15) is 41.4 Å². The molecular formula is C22H21F3N6O. The predicted octanol–water partition coefficient (Wildman–Crippen LogP) is 3.44. The van der Waals surface area contributed by atoms with Crippen molar-refractivity contribution < 1.29 is 13.2 Å². The highest BCUT2D eigenvalue weighted by Crippen LogP contribution is 2.31. The van der Waals surface area contributed by atoms with Crippen LogP contribution in [0.25, 0.3) is 11.3 Å². The first kappa shape index (κ1) is 20.6. The van der Waals surface area contributed by atoms with Crippen LogP contribution in [-0.4, -0.2) is 42.0 Å². The minimum atomic E-state index is -4.43. The Morgan fingerprint density at radius 3 is 2.81 bits per heavy atom. The molecular weight excluding hydrogens is 421 g/mol. The third kappa shape index (κ3) is 3.75. The first-order valence-electron chi connectivity index (χ1n) is 10.4. The zero-order chi connectivity index (χ0) is 22.5. The van der Waals surface area contributed by atoms with Crippen LogP contribution in [0.4, 0.5) is 13.2 Å². The van der Waals surface area contributed by atoms with Crippen molar-refractivity contribution in [2.75, 3.05) is 13.1 Å². The smallest absolute Gasteiger partial charge is 0.297 e. The quantitative estimate of drug-likeness (QED) is 0.486. The second-order valence-corrected chi connectivity index (χ2v) is 8.25. The first-order valence-corrected chi connectivity index (χ1v) is 10.4. The molecule has 1 aliphatic heterocycles. The molecule has 0 aromatic carbocycles. The van der Waals surface area contributed by atoms with E-state index in [9.17, 15) is 18.0 Å². The van der Waals surface area contributed by atoms with Gasteiger partial charge in [-0.05, 0) is 50.1 Å². The van der Waals surface area contributed by atoms with Crippen molar-refractivity contribution in [3.05, 3.63) is 75.7 Å². The fraction of sp³-hybridized carbons (Fsp3) is 0.364. The summed E-state index contributed by atoms with van der Waals surface area (Å²) in [6.45, 7) is 3.82. The molecule has 1 fully saturated rings. The average Bonchev–Trinajstić information content (AvgIpc) is 3.18. The monoisotopic (exact) mass is 442 g/mol. The number of nitrogens with zero attached hydrogens (tertiary/aromatic N) is 6. The molecule has 1 saturated heterocycles. The van der Waals surface area contributed by atoms with Gasteiger partial charge >= 0.3 is 6.18 Å². The van der Waals surface area contributed by atoms with Crippen LogP contribution >= 0.6 is 0 Å². The highest BCUT2D eigenvalue weighted by Gasteiger charge is 2.32. The van der Waals surface area contributed by atoms with Crippen LogP contribution < -0.4 is 5.56 Å². The second kappa shape index (κ2) is 7.70. The number of alkyl halides is 3. The van der Waals surface area contributed by atoms with Crippen molar-refractivity contribution in [2.24, 2.45) is 0 Å². The van der Waals surface area contributed by atoms with Gasteiger partial charge in [0.05, 0.1) is 11.3 Å². The maximum atomic E-state index is 13.2. The van der Waals surface area contributed by atoms with Crippen molar-refractivity contribution in [2.45, 2.75) is 38.4 Å². The fourth-order valence-corrected chi connectivity index (χ4v) is 4.38. The molecule has 0 bridgehead atoms. The van der Waals surface area contributed by atoms with E-state index >= 15 is 0 Å². The summed E-state index contributed by atoms with van der Waals surface area (Å²) in [6, 6.07) is 7.63. The highest BCUT2D eigenvalue weighted by molar-refractivity contribution is 5.46. The van der Waals surface area contributed by atoms with Crippen LogP contribution in [0.5, 0.6) is 0 Å². The Kier molecular flexibility index (Phi) is 4.96. The van der Waals surface area contributed by atoms with Crippen molar-refractivity contribution in [1.82, 2.24) is 28.9 Å². The Labute approximate surface area is 181 Å². The Hall–Kier alpha value is -3.27. The Morgan fingerprint density at radius 1 is 1.16 bits per heavy atom. The minimum Gasteiger partial charge on any atom is -0.297 e. The van der Waals surface area contributed by atoms with Crippen molar-refractivity contribution in [3.8, 4) is 0 Å². The lowest BCUT2D eigenvalue weighted by Gasteiger charge is -2.31. The number of aryl methyl sites for hydroxylation is 1. The van der Waals surface area contributed by atoms with Crippen LogP contribution in [-0.2, 0) is 12.7 Å². The van der Waals surface area contributed by atoms with E-state index in [0.29, 0.717) is 35.9 Å². The zero-order valence-corrected chi connectivity index (χ0v) is 17.4. The summed E-state index contributed by atoms with van der Waals surface area (Å²) in [4.78, 5) is 19.3. The standard InChI is InChI=1S/C22H21F3N6O/c1-14-4-2-9-30-19(32)10-17(26-20(14)30)13-29-8-3-5-15(11-29)21-28-27-18-7-6-16(12-31(18)21)22(23,24)25/h2,4,6-7,9-10,12,15H,3,5,8,11,13H2,1H3. The maximum Gasteiger partial charge on any atom is 0.417 e. The molecule has 32 heavy (non-hydrogen) atoms. The molecule has 1 aliphatic rings. The Bertz CT molecular complexity index is 1360. The van der Waals surface area contributed by atoms with Gasteiger partial charge in [-0.25, -0.2) is 4.98 Å². The third-order valence-corrected chi connectivity index (χ3v) is 5.95. The molecule has 0 aliphatic carbocycles. The minimum absolute atomic E-state index is 0.0643. The molecule has 4 aromatic rings. The Balaban J connectivity index is 1.41. The molecule has 5 rings (SSSR count). The summed E-state index contributed by atoms with van der Waals surface area (Å²) >= 11 is 0. The first-order chi connectivity index (χ1) is 15.3. The van der Waals surface area contributed by atoms with Crippen LogP contribution in [0.15, 0.2) is 47.5 Å². The number of halogens is 3. The topological polar surface area (TPSA) is 67.8 Å². The SMILES string of the molecule is Cc1cccn2c(=O)cc(CN3CCCC(c4nnc5ccc(C(F)(F)F)cn45)C3)nc12. The van der Waals surface area contributed by atoms with E-state index in [1.807, 2.05) is 19.1 Å². The third-order valence-electron chi connectivity index (χ3n) is 5.95. The summed E-state index contributed by atoms with van der Waals surface area (Å²) in [6.07, 6.45) is 0.00897. The number of aromatic nitrogens is 5. The molecule has 0 saturated carbocycles. The number of rotatable bonds is 3. The summed E-state index contributed by atoms with van der Waals surface area (Å²) in [5.41, 5.74) is 1.76. The van der Waals surface area contributed by atoms with Gasteiger partial charge in [0.25, 0.3) is 5.56 Å². The van der Waals surface area contributed by atoms with Gasteiger partial charge < -0.3 is 0 Å². The van der Waals surface area contributed by atoms with Gasteiger partial charge in [0, 0.05) is 37.5 Å². The molecule has 1 atom stereocenters. The van der Waals surface area contributed by atoms with Gasteiger partial charge in [-0.15, -0.1) is 10.2 Å². The van der Waals surface area contributed by atoms with Crippen LogP contribution in [0, 0.1) is 6.92 Å². The molecule has 5 heterocycles. The molecule has 1 unspecified atom stereocenters. The van der Waals surface area contributed by atoms with Crippen LogP contribution in [0.2, 0.25) is 0 Å². The molecule has 10 heteroatoms. The lowest BCUT2D eigenvalue weighted by Crippen LogP contribution is -2.35. The van der Waals surface area contributed by atoms with E-state index in [0.717, 1.165) is 37.2 Å². The molecule has 0 spiro atoms. The number of likely N-dealkylation sites (tertiary alicyclic amines) is 1. The number of pyridine rings is 2. The largest absolute Gasteiger partial charge is 0.417 e. The predicted molar refractivity (Wildman–Crippen MR) is 111 cm³/mol. The van der Waals surface area contributed by atoms with Gasteiger partial charge in [0.1, 0.15) is 11.5 Å². The maximum absolute atomic E-state index is 13.2. The number of hydrogen-bond donors (Lipinski definition) is 0. The second-order valence-electron chi connectivity index (χ2n) is 8.25. The molecule has 0 radical (unpaired) electrons. The normalized spacial score (nSPS) is 17.9. The van der Waals surface area contributed by atoms with E-state index in [2.05, 4.69) is 20.1 Å². The summed E-state index contributed by atoms with van der Waals surface area (Å²) in [7, 11) is 0. The summed E-state index contributed by atoms with van der Waals surface area (Å²) in [5.74, 6) is 0.462. The number of piperidine rings is 1. The molecule has 166 valence electrons. The van der Waals surface area contributed by atoms with E-state index in [-0.39, 0.29) is 11.5 Å². The van der Waals surface area contributed by atoms with E-state index < -0.39 is 11.7 Å². The van der Waals surface area contributed by atoms with E-state index in [1.54, 1.807) is 6.20 Å². The number of fused-ring (bicyclic) bond motifs is 2. The van der Waals surface area contributed by atoms with Crippen LogP contribution in [0.3, 0.4) is 0 Å². The number of hydrogen-bond acceptors (Lipinski definition) is 5. The lowest BCUT2D eigenvalue weighted by molar-refractivity contribution is -0.137. The zero-order valence-electron chi connectivity index (χ0n) is 17.4. The Morgan fingerprint density at radius 2 is 2.00 bits per heavy atom. The van der Waals surface area contributed by atoms with Gasteiger partial charge in [-0.1, -0.05) is 6.07 Å². The van der Waals surface area contributed by atoms with Gasteiger partial charge in [-0.2, -0.15) is 13.2 Å². The van der Waals surface area contributed by atoms with E-state index in [4.69, 9.17) is 0 Å². The van der Waals surface area contributed by atoms with Gasteiger partial charge in [0.2, 0.25) is 0 Å². The van der Waals surface area contributed by atoms with Gasteiger partial charge in [0.15, 0.2) is 5.65 Å². The summed E-state index contributed by atoms with van der Waals surface area (Å²) < 4.78 is 42.5. The lowest BCUT2D eigenvalue weighted by atomic mass is 9.97.